The smallest absolute Gasteiger partial charge is 0.185 e. The maximum absolute atomic E-state index is 12.4. The fourth-order valence-electron chi connectivity index (χ4n) is 3.06. The summed E-state index contributed by atoms with van der Waals surface area (Å²) in [5.74, 6) is 1.97. The number of carbonyl (C=O) groups excluding carboxylic acids is 1. The average Bonchev–Trinajstić information content (AvgIpc) is 2.61. The SMILES string of the molecule is COc1cc(CC(C)CC(=O)C(N)CCCCN=C(N)N)c(OC)cc1C. The monoisotopic (exact) mass is 378 g/mol. The number of Topliss-reactive ketones (excluding diaryl/α,β-unsaturated/α-hetero) is 1. The van der Waals surface area contributed by atoms with Gasteiger partial charge in [0, 0.05) is 13.0 Å². The number of guanidine groups is 1. The maximum Gasteiger partial charge on any atom is 0.185 e. The van der Waals surface area contributed by atoms with Gasteiger partial charge in [-0.1, -0.05) is 6.92 Å². The molecule has 0 bridgehead atoms. The number of nitrogens with two attached hydrogens (primary N) is 3. The predicted molar refractivity (Wildman–Crippen MR) is 109 cm³/mol. The molecule has 0 saturated carbocycles. The van der Waals surface area contributed by atoms with Crippen LogP contribution in [0.5, 0.6) is 11.5 Å². The summed E-state index contributed by atoms with van der Waals surface area (Å²) in [6.07, 6.45) is 3.44. The number of carbonyl (C=O) groups is 1. The molecule has 0 aliphatic carbocycles. The summed E-state index contributed by atoms with van der Waals surface area (Å²) in [6, 6.07) is 3.50. The van der Waals surface area contributed by atoms with Crippen molar-refractivity contribution in [1.82, 2.24) is 0 Å². The number of ketones is 1. The van der Waals surface area contributed by atoms with Crippen molar-refractivity contribution in [1.29, 1.82) is 0 Å². The molecule has 0 aliphatic rings. The van der Waals surface area contributed by atoms with Crippen LogP contribution < -0.4 is 26.7 Å². The van der Waals surface area contributed by atoms with Crippen molar-refractivity contribution < 1.29 is 14.3 Å². The third-order valence-electron chi connectivity index (χ3n) is 4.55. The first-order valence-electron chi connectivity index (χ1n) is 9.33. The lowest BCUT2D eigenvalue weighted by atomic mass is 9.91. The predicted octanol–water partition coefficient (Wildman–Crippen LogP) is 1.92. The second-order valence-electron chi connectivity index (χ2n) is 7.02. The number of rotatable bonds is 12. The Morgan fingerprint density at radius 1 is 1.15 bits per heavy atom. The van der Waals surface area contributed by atoms with Crippen LogP contribution in [0.4, 0.5) is 0 Å². The highest BCUT2D eigenvalue weighted by molar-refractivity contribution is 5.83. The Morgan fingerprint density at radius 3 is 2.41 bits per heavy atom. The largest absolute Gasteiger partial charge is 0.496 e. The topological polar surface area (TPSA) is 126 Å². The van der Waals surface area contributed by atoms with E-state index in [0.29, 0.717) is 19.4 Å². The highest BCUT2D eigenvalue weighted by atomic mass is 16.5. The summed E-state index contributed by atoms with van der Waals surface area (Å²) in [5.41, 5.74) is 18.7. The Balaban J connectivity index is 2.54. The lowest BCUT2D eigenvalue weighted by Gasteiger charge is -2.18. The van der Waals surface area contributed by atoms with Gasteiger partial charge in [0.15, 0.2) is 5.96 Å². The van der Waals surface area contributed by atoms with Crippen molar-refractivity contribution >= 4 is 11.7 Å². The standard InChI is InChI=1S/C20H34N4O3/c1-13(9-15-12-18(26-3)14(2)11-19(15)27-4)10-17(25)16(21)7-5-6-8-24-20(22)23/h11-13,16H,5-10,21H2,1-4H3,(H4,22,23,24). The molecule has 0 saturated heterocycles. The Labute approximate surface area is 162 Å². The van der Waals surface area contributed by atoms with Gasteiger partial charge >= 0.3 is 0 Å². The number of unbranched alkanes of at least 4 members (excludes halogenated alkanes) is 1. The third kappa shape index (κ3) is 7.86. The molecule has 0 amide bonds. The number of ether oxygens (including phenoxy) is 2. The number of aryl methyl sites for hydroxylation is 1. The van der Waals surface area contributed by atoms with Crippen LogP contribution in [0.15, 0.2) is 17.1 Å². The van der Waals surface area contributed by atoms with Gasteiger partial charge in [-0.3, -0.25) is 9.79 Å². The second kappa shape index (κ2) is 11.4. The van der Waals surface area contributed by atoms with Crippen molar-refractivity contribution in [2.75, 3.05) is 20.8 Å². The van der Waals surface area contributed by atoms with Crippen molar-refractivity contribution in [2.24, 2.45) is 28.1 Å². The molecule has 0 fully saturated rings. The van der Waals surface area contributed by atoms with Crippen molar-refractivity contribution in [3.63, 3.8) is 0 Å². The van der Waals surface area contributed by atoms with Gasteiger partial charge in [0.1, 0.15) is 17.3 Å². The molecule has 7 heteroatoms. The van der Waals surface area contributed by atoms with Gasteiger partial charge < -0.3 is 26.7 Å². The number of hydrogen-bond acceptors (Lipinski definition) is 5. The number of benzene rings is 1. The van der Waals surface area contributed by atoms with E-state index in [1.54, 1.807) is 14.2 Å². The van der Waals surface area contributed by atoms with E-state index in [1.807, 2.05) is 19.1 Å². The molecule has 7 nitrogen and oxygen atoms in total. The quantitative estimate of drug-likeness (QED) is 0.290. The zero-order valence-corrected chi connectivity index (χ0v) is 17.0. The molecular formula is C20H34N4O3. The van der Waals surface area contributed by atoms with Gasteiger partial charge in [-0.15, -0.1) is 0 Å². The van der Waals surface area contributed by atoms with Gasteiger partial charge in [-0.2, -0.15) is 0 Å². The number of hydrogen-bond donors (Lipinski definition) is 3. The maximum atomic E-state index is 12.4. The minimum Gasteiger partial charge on any atom is -0.496 e. The van der Waals surface area contributed by atoms with Gasteiger partial charge in [0.05, 0.1) is 20.3 Å². The summed E-state index contributed by atoms with van der Waals surface area (Å²) in [6.45, 7) is 4.59. The minimum atomic E-state index is -0.443. The highest BCUT2D eigenvalue weighted by Gasteiger charge is 2.18. The Kier molecular flexibility index (Phi) is 9.64. The molecule has 0 radical (unpaired) electrons. The fourth-order valence-corrected chi connectivity index (χ4v) is 3.06. The van der Waals surface area contributed by atoms with E-state index in [1.165, 1.54) is 0 Å². The molecular weight excluding hydrogens is 344 g/mol. The van der Waals surface area contributed by atoms with Crippen LogP contribution in [0.3, 0.4) is 0 Å². The molecule has 0 aliphatic heterocycles. The molecule has 1 rings (SSSR count). The average molecular weight is 379 g/mol. The lowest BCUT2D eigenvalue weighted by Crippen LogP contribution is -2.31. The van der Waals surface area contributed by atoms with E-state index < -0.39 is 6.04 Å². The van der Waals surface area contributed by atoms with Crippen LogP contribution in [0, 0.1) is 12.8 Å². The molecule has 1 aromatic rings. The van der Waals surface area contributed by atoms with Gasteiger partial charge in [-0.25, -0.2) is 0 Å². The second-order valence-corrected chi connectivity index (χ2v) is 7.02. The zero-order chi connectivity index (χ0) is 20.4. The van der Waals surface area contributed by atoms with Gasteiger partial charge in [-0.05, 0) is 61.8 Å². The van der Waals surface area contributed by atoms with Crippen molar-refractivity contribution in [2.45, 2.75) is 52.0 Å². The molecule has 0 heterocycles. The van der Waals surface area contributed by atoms with Gasteiger partial charge in [0.25, 0.3) is 0 Å². The third-order valence-corrected chi connectivity index (χ3v) is 4.55. The van der Waals surface area contributed by atoms with Crippen LogP contribution in [0.2, 0.25) is 0 Å². The highest BCUT2D eigenvalue weighted by Crippen LogP contribution is 2.30. The number of methoxy groups -OCH3 is 2. The first-order chi connectivity index (χ1) is 12.8. The van der Waals surface area contributed by atoms with E-state index >= 15 is 0 Å². The number of aliphatic imine (C=N–C) groups is 1. The molecule has 0 aromatic heterocycles. The normalized spacial score (nSPS) is 12.9. The molecule has 0 spiro atoms. The molecule has 152 valence electrons. The Hall–Kier alpha value is -2.28. The molecule has 2 unspecified atom stereocenters. The van der Waals surface area contributed by atoms with Crippen molar-refractivity contribution in [3.05, 3.63) is 23.3 Å². The Morgan fingerprint density at radius 2 is 1.81 bits per heavy atom. The van der Waals surface area contributed by atoms with Crippen LogP contribution in [0.25, 0.3) is 0 Å². The molecule has 2 atom stereocenters. The first-order valence-corrected chi connectivity index (χ1v) is 9.33. The van der Waals surface area contributed by atoms with Gasteiger partial charge in [0.2, 0.25) is 0 Å². The van der Waals surface area contributed by atoms with Crippen LogP contribution in [-0.4, -0.2) is 38.5 Å². The molecule has 1 aromatic carbocycles. The fraction of sp³-hybridized carbons (Fsp3) is 0.600. The minimum absolute atomic E-state index is 0.0855. The summed E-state index contributed by atoms with van der Waals surface area (Å²) in [7, 11) is 3.30. The summed E-state index contributed by atoms with van der Waals surface area (Å²) >= 11 is 0. The van der Waals surface area contributed by atoms with Crippen molar-refractivity contribution in [3.8, 4) is 11.5 Å². The summed E-state index contributed by atoms with van der Waals surface area (Å²) in [5, 5.41) is 0. The van der Waals surface area contributed by atoms with Crippen LogP contribution in [0.1, 0.15) is 43.7 Å². The number of nitrogens with zero attached hydrogens (tertiary/aromatic N) is 1. The summed E-state index contributed by atoms with van der Waals surface area (Å²) in [4.78, 5) is 16.3. The van der Waals surface area contributed by atoms with Crippen LogP contribution in [-0.2, 0) is 11.2 Å². The zero-order valence-electron chi connectivity index (χ0n) is 17.0. The lowest BCUT2D eigenvalue weighted by molar-refractivity contribution is -0.121. The van der Waals surface area contributed by atoms with E-state index in [0.717, 1.165) is 41.9 Å². The first kappa shape index (κ1) is 22.8. The van der Waals surface area contributed by atoms with Crippen LogP contribution >= 0.6 is 0 Å². The van der Waals surface area contributed by atoms with E-state index in [9.17, 15) is 4.79 Å². The van der Waals surface area contributed by atoms with E-state index in [4.69, 9.17) is 26.7 Å². The van der Waals surface area contributed by atoms with E-state index in [-0.39, 0.29) is 17.7 Å². The molecule has 6 N–H and O–H groups in total. The molecule has 27 heavy (non-hydrogen) atoms. The van der Waals surface area contributed by atoms with E-state index in [2.05, 4.69) is 11.9 Å². The summed E-state index contributed by atoms with van der Waals surface area (Å²) < 4.78 is 10.9. The Bertz CT molecular complexity index is 642.